The molecule has 0 atom stereocenters. The lowest BCUT2D eigenvalue weighted by Crippen LogP contribution is -2.05. The van der Waals surface area contributed by atoms with Crippen molar-refractivity contribution in [1.82, 2.24) is 24.7 Å². The van der Waals surface area contributed by atoms with Crippen LogP contribution in [0.2, 0.25) is 0 Å². The number of rotatable bonds is 2. The number of thioether (sulfide) groups is 1. The summed E-state index contributed by atoms with van der Waals surface area (Å²) in [4.78, 5) is 12.1. The van der Waals surface area contributed by atoms with Crippen molar-refractivity contribution >= 4 is 17.7 Å². The van der Waals surface area contributed by atoms with E-state index in [2.05, 4.69) is 20.1 Å². The molecule has 0 aliphatic rings. The lowest BCUT2D eigenvalue weighted by molar-refractivity contribution is 0.808. The molecule has 0 unspecified atom stereocenters. The van der Waals surface area contributed by atoms with Crippen LogP contribution < -0.4 is 5.73 Å². The topological polar surface area (TPSA) is 82.5 Å². The van der Waals surface area contributed by atoms with Crippen molar-refractivity contribution < 1.29 is 0 Å². The third-order valence-corrected chi connectivity index (χ3v) is 2.34. The lowest BCUT2D eigenvalue weighted by Gasteiger charge is -2.00. The predicted molar refractivity (Wildman–Crippen MR) is 57.9 cm³/mol. The van der Waals surface area contributed by atoms with Crippen LogP contribution in [0.3, 0.4) is 0 Å². The summed E-state index contributed by atoms with van der Waals surface area (Å²) in [5.74, 6) is 0.963. The van der Waals surface area contributed by atoms with Gasteiger partial charge >= 0.3 is 0 Å². The molecule has 6 nitrogen and oxygen atoms in total. The van der Waals surface area contributed by atoms with E-state index in [1.54, 1.807) is 6.07 Å². The van der Waals surface area contributed by atoms with Crippen LogP contribution in [-0.4, -0.2) is 31.0 Å². The first-order chi connectivity index (χ1) is 7.20. The number of nitrogens with zero attached hydrogens (tertiary/aromatic N) is 5. The van der Waals surface area contributed by atoms with Gasteiger partial charge in [-0.1, -0.05) is 11.8 Å². The smallest absolute Gasteiger partial charge is 0.225 e. The first kappa shape index (κ1) is 9.91. The number of hydrogen-bond acceptors (Lipinski definition) is 6. The van der Waals surface area contributed by atoms with Gasteiger partial charge in [-0.2, -0.15) is 9.67 Å². The van der Waals surface area contributed by atoms with Crippen molar-refractivity contribution in [2.24, 2.45) is 0 Å². The molecule has 0 aliphatic carbocycles. The lowest BCUT2D eigenvalue weighted by atomic mass is 10.4. The largest absolute Gasteiger partial charge is 0.368 e. The number of hydrogen-bond donors (Lipinski definition) is 1. The van der Waals surface area contributed by atoms with Crippen molar-refractivity contribution in [2.45, 2.75) is 12.1 Å². The molecule has 2 aromatic heterocycles. The van der Waals surface area contributed by atoms with E-state index in [4.69, 9.17) is 5.73 Å². The number of aromatic nitrogens is 5. The van der Waals surface area contributed by atoms with E-state index < -0.39 is 0 Å². The summed E-state index contributed by atoms with van der Waals surface area (Å²) in [6, 6.07) is 1.80. The minimum Gasteiger partial charge on any atom is -0.368 e. The van der Waals surface area contributed by atoms with Crippen LogP contribution in [0.15, 0.2) is 17.6 Å². The molecule has 7 heteroatoms. The second kappa shape index (κ2) is 3.85. The summed E-state index contributed by atoms with van der Waals surface area (Å²) < 4.78 is 1.50. The Hall–Kier alpha value is -1.63. The zero-order chi connectivity index (χ0) is 10.8. The van der Waals surface area contributed by atoms with Crippen molar-refractivity contribution in [3.63, 3.8) is 0 Å². The Labute approximate surface area is 90.9 Å². The first-order valence-electron chi connectivity index (χ1n) is 4.26. The Bertz CT molecular complexity index is 480. The highest BCUT2D eigenvalue weighted by Gasteiger charge is 2.08. The minimum absolute atomic E-state index is 0.331. The highest BCUT2D eigenvalue weighted by atomic mass is 32.2. The summed E-state index contributed by atoms with van der Waals surface area (Å²) in [5.41, 5.74) is 6.58. The van der Waals surface area contributed by atoms with Gasteiger partial charge in [0.1, 0.15) is 6.33 Å². The minimum atomic E-state index is 0.331. The average Bonchev–Trinajstić information content (AvgIpc) is 2.60. The van der Waals surface area contributed by atoms with Gasteiger partial charge in [0.15, 0.2) is 5.82 Å². The van der Waals surface area contributed by atoms with Gasteiger partial charge < -0.3 is 5.73 Å². The Morgan fingerprint density at radius 2 is 2.20 bits per heavy atom. The van der Waals surface area contributed by atoms with Crippen LogP contribution in [0.4, 0.5) is 5.95 Å². The Morgan fingerprint density at radius 3 is 2.80 bits per heavy atom. The number of aryl methyl sites for hydroxylation is 1. The molecular formula is C8H10N6S. The fourth-order valence-corrected chi connectivity index (χ4v) is 1.46. The van der Waals surface area contributed by atoms with E-state index in [0.717, 1.165) is 5.69 Å². The van der Waals surface area contributed by atoms with Gasteiger partial charge in [-0.05, 0) is 13.2 Å². The average molecular weight is 222 g/mol. The number of nitrogen functional groups attached to an aromatic ring is 1. The summed E-state index contributed by atoms with van der Waals surface area (Å²) in [6.07, 6.45) is 3.37. The number of anilines is 1. The van der Waals surface area contributed by atoms with Gasteiger partial charge in [0.25, 0.3) is 0 Å². The maximum atomic E-state index is 5.71. The van der Waals surface area contributed by atoms with Crippen LogP contribution in [0.5, 0.6) is 0 Å². The zero-order valence-electron chi connectivity index (χ0n) is 8.38. The first-order valence-corrected chi connectivity index (χ1v) is 5.48. The quantitative estimate of drug-likeness (QED) is 0.752. The molecule has 0 radical (unpaired) electrons. The third-order valence-electron chi connectivity index (χ3n) is 1.80. The molecule has 0 spiro atoms. The number of nitrogens with two attached hydrogens (primary N) is 1. The van der Waals surface area contributed by atoms with Gasteiger partial charge in [-0.15, -0.1) is 5.10 Å². The van der Waals surface area contributed by atoms with E-state index >= 15 is 0 Å². The monoisotopic (exact) mass is 222 g/mol. The fourth-order valence-electron chi connectivity index (χ4n) is 1.12. The standard InChI is InChI=1S/C8H10N6S/c1-5-3-6(11-4-10-5)14-7(9)12-8(13-14)15-2/h3-4H,1-2H3,(H2,9,12,13). The van der Waals surface area contributed by atoms with Crippen molar-refractivity contribution in [1.29, 1.82) is 0 Å². The molecular weight excluding hydrogens is 212 g/mol. The van der Waals surface area contributed by atoms with Crippen molar-refractivity contribution in [2.75, 3.05) is 12.0 Å². The van der Waals surface area contributed by atoms with Gasteiger partial charge in [0.05, 0.1) is 0 Å². The highest BCUT2D eigenvalue weighted by Crippen LogP contribution is 2.14. The molecule has 0 aromatic carbocycles. The van der Waals surface area contributed by atoms with Crippen LogP contribution >= 0.6 is 11.8 Å². The molecule has 78 valence electrons. The van der Waals surface area contributed by atoms with Gasteiger partial charge in [-0.3, -0.25) is 0 Å². The third kappa shape index (κ3) is 1.91. The summed E-state index contributed by atoms with van der Waals surface area (Å²) >= 11 is 1.44. The van der Waals surface area contributed by atoms with E-state index in [0.29, 0.717) is 16.9 Å². The maximum Gasteiger partial charge on any atom is 0.225 e. The molecule has 15 heavy (non-hydrogen) atoms. The zero-order valence-corrected chi connectivity index (χ0v) is 9.19. The SMILES string of the molecule is CSc1nc(N)n(-c2cc(C)ncn2)n1. The van der Waals surface area contributed by atoms with E-state index in [9.17, 15) is 0 Å². The Morgan fingerprint density at radius 1 is 1.40 bits per heavy atom. The second-order valence-electron chi connectivity index (χ2n) is 2.89. The van der Waals surface area contributed by atoms with Crippen LogP contribution in [0.25, 0.3) is 5.82 Å². The predicted octanol–water partition coefficient (Wildman–Crippen LogP) is 0.670. The maximum absolute atomic E-state index is 5.71. The van der Waals surface area contributed by atoms with E-state index in [-0.39, 0.29) is 0 Å². The molecule has 2 heterocycles. The highest BCUT2D eigenvalue weighted by molar-refractivity contribution is 7.98. The van der Waals surface area contributed by atoms with Crippen LogP contribution in [0.1, 0.15) is 5.69 Å². The molecule has 2 N–H and O–H groups in total. The summed E-state index contributed by atoms with van der Waals surface area (Å²) in [6.45, 7) is 1.88. The van der Waals surface area contributed by atoms with Gasteiger partial charge in [-0.25, -0.2) is 9.97 Å². The summed E-state index contributed by atoms with van der Waals surface area (Å²) in [7, 11) is 0. The molecule has 2 rings (SSSR count). The van der Waals surface area contributed by atoms with E-state index in [1.807, 2.05) is 13.2 Å². The fraction of sp³-hybridized carbons (Fsp3) is 0.250. The van der Waals surface area contributed by atoms with Crippen molar-refractivity contribution in [3.8, 4) is 5.82 Å². The van der Waals surface area contributed by atoms with Crippen LogP contribution in [0, 0.1) is 6.92 Å². The van der Waals surface area contributed by atoms with Gasteiger partial charge in [0, 0.05) is 11.8 Å². The van der Waals surface area contributed by atoms with Crippen LogP contribution in [-0.2, 0) is 0 Å². The Balaban J connectivity index is 2.48. The van der Waals surface area contributed by atoms with Crippen molar-refractivity contribution in [3.05, 3.63) is 18.1 Å². The molecule has 0 amide bonds. The second-order valence-corrected chi connectivity index (χ2v) is 3.66. The van der Waals surface area contributed by atoms with Gasteiger partial charge in [0.2, 0.25) is 11.1 Å². The normalized spacial score (nSPS) is 10.5. The molecule has 0 fully saturated rings. The molecule has 2 aromatic rings. The Kier molecular flexibility index (Phi) is 2.55. The molecule has 0 saturated carbocycles. The molecule has 0 aliphatic heterocycles. The molecule has 0 bridgehead atoms. The summed E-state index contributed by atoms with van der Waals surface area (Å²) in [5, 5.41) is 4.82. The molecule has 0 saturated heterocycles. The van der Waals surface area contributed by atoms with E-state index in [1.165, 1.54) is 22.8 Å².